The first kappa shape index (κ1) is 30.5. The number of hydrogen-bond donors (Lipinski definition) is 1. The highest BCUT2D eigenvalue weighted by atomic mass is 35.5. The summed E-state index contributed by atoms with van der Waals surface area (Å²) >= 11 is 14.1. The maximum atomic E-state index is 15.1. The highest BCUT2D eigenvalue weighted by Gasteiger charge is 2.77. The fourth-order valence-corrected chi connectivity index (χ4v) is 8.41. The number of rotatable bonds is 3. The van der Waals surface area contributed by atoms with Crippen molar-refractivity contribution >= 4 is 52.5 Å². The standard InChI is InChI=1S/C30H23Cl2F5N2O5/c1-4-38-25(41)14-6-5-13-15(16(14)26(38)42)9-29(31)27(43)39(23-21(36)19(34)18(33)20(35)22(23)37)28(44)30(29,32)17(13)12-7-10(2)24(40)11(3)8-12/h5,7-8,14-17,40H,4,6,9H2,1-3H3/t14-,15+,16-,17-,29+,30-/m0/s1. The van der Waals surface area contributed by atoms with Gasteiger partial charge in [-0.3, -0.25) is 24.1 Å². The first-order chi connectivity index (χ1) is 20.5. The minimum atomic E-state index is -2.60. The van der Waals surface area contributed by atoms with Crippen molar-refractivity contribution in [3.63, 3.8) is 0 Å². The van der Waals surface area contributed by atoms with E-state index in [4.69, 9.17) is 23.2 Å². The van der Waals surface area contributed by atoms with Gasteiger partial charge in [-0.1, -0.05) is 23.8 Å². The summed E-state index contributed by atoms with van der Waals surface area (Å²) in [5.41, 5.74) is -0.593. The molecule has 6 atom stereocenters. The number of phenols is 1. The Morgan fingerprint density at radius 2 is 1.41 bits per heavy atom. The number of aryl methyl sites for hydroxylation is 2. The molecule has 6 rings (SSSR count). The molecule has 0 aromatic heterocycles. The van der Waals surface area contributed by atoms with Crippen molar-refractivity contribution < 1.29 is 46.2 Å². The summed E-state index contributed by atoms with van der Waals surface area (Å²) in [4.78, 5) is 50.6. The molecule has 7 nitrogen and oxygen atoms in total. The van der Waals surface area contributed by atoms with Crippen LogP contribution in [-0.4, -0.2) is 49.9 Å². The minimum Gasteiger partial charge on any atom is -0.507 e. The van der Waals surface area contributed by atoms with E-state index in [2.05, 4.69) is 0 Å². The number of halogens is 7. The third-order valence-electron chi connectivity index (χ3n) is 9.48. The molecule has 0 bridgehead atoms. The summed E-state index contributed by atoms with van der Waals surface area (Å²) in [6.45, 7) is 4.78. The van der Waals surface area contributed by atoms with E-state index in [-0.39, 0.29) is 29.2 Å². The van der Waals surface area contributed by atoms with Gasteiger partial charge in [0, 0.05) is 12.5 Å². The zero-order valence-electron chi connectivity index (χ0n) is 23.3. The molecule has 2 aliphatic heterocycles. The average Bonchev–Trinajstić information content (AvgIpc) is 3.31. The molecule has 0 unspecified atom stereocenters. The van der Waals surface area contributed by atoms with E-state index in [0.717, 1.165) is 4.90 Å². The Morgan fingerprint density at radius 3 is 1.95 bits per heavy atom. The molecular weight excluding hydrogens is 634 g/mol. The number of amides is 4. The number of fused-ring (bicyclic) bond motifs is 4. The smallest absolute Gasteiger partial charge is 0.258 e. The molecule has 44 heavy (non-hydrogen) atoms. The van der Waals surface area contributed by atoms with Crippen molar-refractivity contribution in [3.8, 4) is 5.75 Å². The van der Waals surface area contributed by atoms with Gasteiger partial charge in [0.15, 0.2) is 33.0 Å². The Morgan fingerprint density at radius 1 is 0.864 bits per heavy atom. The lowest BCUT2D eigenvalue weighted by Gasteiger charge is -2.50. The minimum absolute atomic E-state index is 0.0653. The van der Waals surface area contributed by atoms with Gasteiger partial charge >= 0.3 is 0 Å². The Balaban J connectivity index is 1.63. The van der Waals surface area contributed by atoms with Crippen molar-refractivity contribution in [2.75, 3.05) is 11.4 Å². The van der Waals surface area contributed by atoms with Gasteiger partial charge in [0.2, 0.25) is 17.6 Å². The molecule has 1 N–H and O–H groups in total. The molecule has 0 radical (unpaired) electrons. The van der Waals surface area contributed by atoms with E-state index in [1.165, 1.54) is 12.1 Å². The van der Waals surface area contributed by atoms with Gasteiger partial charge in [-0.15, -0.1) is 23.2 Å². The second-order valence-corrected chi connectivity index (χ2v) is 12.9. The number of likely N-dealkylation sites (tertiary alicyclic amines) is 1. The topological polar surface area (TPSA) is 95.0 Å². The Bertz CT molecular complexity index is 1720. The normalized spacial score (nSPS) is 31.4. The van der Waals surface area contributed by atoms with Crippen LogP contribution in [-0.2, 0) is 19.2 Å². The molecule has 2 saturated heterocycles. The van der Waals surface area contributed by atoms with Crippen LogP contribution in [0.3, 0.4) is 0 Å². The van der Waals surface area contributed by atoms with Crippen LogP contribution in [0.25, 0.3) is 0 Å². The first-order valence-electron chi connectivity index (χ1n) is 13.7. The lowest BCUT2D eigenvalue weighted by atomic mass is 9.56. The van der Waals surface area contributed by atoms with Gasteiger partial charge in [-0.2, -0.15) is 0 Å². The number of nitrogens with zero attached hydrogens (tertiary/aromatic N) is 2. The summed E-state index contributed by atoms with van der Waals surface area (Å²) in [6.07, 6.45) is 1.12. The first-order valence-corrected chi connectivity index (χ1v) is 14.4. The van der Waals surface area contributed by atoms with E-state index in [9.17, 15) is 37.5 Å². The molecule has 232 valence electrons. The SMILES string of the molecule is CCN1C(=O)[C@H]2[C@H](CC=C3[C@H]2C[C@@]2(Cl)C(=O)N(c4c(F)c(F)c(F)c(F)c4F)C(=O)[C@@]2(Cl)[C@H]3c2cc(C)c(O)c(C)c2)C1=O. The Hall–Kier alpha value is -3.51. The summed E-state index contributed by atoms with van der Waals surface area (Å²) < 4.78 is 72.6. The number of alkyl halides is 2. The van der Waals surface area contributed by atoms with Gasteiger partial charge in [0.05, 0.1) is 11.8 Å². The van der Waals surface area contributed by atoms with E-state index in [1.807, 2.05) is 0 Å². The molecule has 2 heterocycles. The highest BCUT2D eigenvalue weighted by molar-refractivity contribution is 6.58. The highest BCUT2D eigenvalue weighted by Crippen LogP contribution is 2.66. The molecule has 4 aliphatic rings. The van der Waals surface area contributed by atoms with Crippen molar-refractivity contribution in [1.29, 1.82) is 0 Å². The molecule has 14 heteroatoms. The number of benzene rings is 2. The maximum absolute atomic E-state index is 15.1. The zero-order chi connectivity index (χ0) is 32.4. The number of hydrogen-bond acceptors (Lipinski definition) is 5. The molecule has 2 aromatic rings. The van der Waals surface area contributed by atoms with Gasteiger partial charge in [0.25, 0.3) is 11.8 Å². The van der Waals surface area contributed by atoms with Crippen molar-refractivity contribution in [2.24, 2.45) is 17.8 Å². The van der Waals surface area contributed by atoms with Crippen LogP contribution < -0.4 is 4.90 Å². The average molecular weight is 657 g/mol. The number of carbonyl (C=O) groups excluding carboxylic acids is 4. The van der Waals surface area contributed by atoms with E-state index >= 15 is 8.78 Å². The Labute approximate surface area is 257 Å². The van der Waals surface area contributed by atoms with Crippen LogP contribution in [0, 0.1) is 60.7 Å². The summed E-state index contributed by atoms with van der Waals surface area (Å²) in [5.74, 6) is -20.5. The van der Waals surface area contributed by atoms with Crippen molar-refractivity contribution in [3.05, 3.63) is 69.6 Å². The monoisotopic (exact) mass is 656 g/mol. The quantitative estimate of drug-likeness (QED) is 0.121. The van der Waals surface area contributed by atoms with Crippen LogP contribution >= 0.6 is 23.2 Å². The second-order valence-electron chi connectivity index (χ2n) is 11.6. The van der Waals surface area contributed by atoms with Gasteiger partial charge in [-0.05, 0) is 56.2 Å². The largest absolute Gasteiger partial charge is 0.507 e. The number of carbonyl (C=O) groups is 4. The lowest BCUT2D eigenvalue weighted by Crippen LogP contribution is -2.60. The molecule has 4 amide bonds. The number of imide groups is 2. The zero-order valence-corrected chi connectivity index (χ0v) is 24.8. The van der Waals surface area contributed by atoms with E-state index in [0.29, 0.717) is 16.7 Å². The fraction of sp³-hybridized carbons (Fsp3) is 0.400. The number of anilines is 1. The molecule has 0 spiro atoms. The number of allylic oxidation sites excluding steroid dienone is 2. The van der Waals surface area contributed by atoms with Crippen LogP contribution in [0.1, 0.15) is 42.4 Å². The van der Waals surface area contributed by atoms with Crippen LogP contribution in [0.2, 0.25) is 0 Å². The van der Waals surface area contributed by atoms with Gasteiger partial charge in [0.1, 0.15) is 11.4 Å². The van der Waals surface area contributed by atoms with E-state index in [1.54, 1.807) is 26.8 Å². The molecule has 3 fully saturated rings. The molecule has 1 saturated carbocycles. The summed E-state index contributed by atoms with van der Waals surface area (Å²) in [7, 11) is 0. The predicted octanol–water partition coefficient (Wildman–Crippen LogP) is 5.29. The van der Waals surface area contributed by atoms with Crippen LogP contribution in [0.5, 0.6) is 5.75 Å². The Kier molecular flexibility index (Phi) is 6.76. The number of phenolic OH excluding ortho intramolecular Hbond substituents is 1. The predicted molar refractivity (Wildman–Crippen MR) is 146 cm³/mol. The second kappa shape index (κ2) is 9.74. The van der Waals surface area contributed by atoms with Crippen molar-refractivity contribution in [2.45, 2.75) is 49.3 Å². The maximum Gasteiger partial charge on any atom is 0.258 e. The molecule has 2 aliphatic carbocycles. The van der Waals surface area contributed by atoms with E-state index < -0.39 is 98.2 Å². The van der Waals surface area contributed by atoms with Gasteiger partial charge in [-0.25, -0.2) is 26.9 Å². The van der Waals surface area contributed by atoms with Gasteiger partial charge < -0.3 is 5.11 Å². The van der Waals surface area contributed by atoms with Crippen molar-refractivity contribution in [1.82, 2.24) is 4.90 Å². The fourth-order valence-electron chi connectivity index (χ4n) is 7.47. The molecular formula is C30H23Cl2F5N2O5. The lowest BCUT2D eigenvalue weighted by molar-refractivity contribution is -0.140. The number of aromatic hydroxyl groups is 1. The summed E-state index contributed by atoms with van der Waals surface area (Å²) in [6, 6.07) is 2.92. The van der Waals surface area contributed by atoms with Crippen LogP contribution in [0.4, 0.5) is 27.6 Å². The third-order valence-corrected chi connectivity index (χ3v) is 10.9. The summed E-state index contributed by atoms with van der Waals surface area (Å²) in [5, 5.41) is 10.5. The molecule has 2 aromatic carbocycles. The van der Waals surface area contributed by atoms with Crippen LogP contribution in [0.15, 0.2) is 23.8 Å². The third kappa shape index (κ3) is 3.55.